The SMILES string of the molecule is CCCCCCCCCCCC[N+](C)(CCCBr)CCCCCCCCCCCC.[Cl-]. The molecule has 0 aromatic heterocycles. The van der Waals surface area contributed by atoms with Gasteiger partial charge in [-0.3, -0.25) is 0 Å². The molecule has 0 N–H and O–H groups in total. The minimum atomic E-state index is 0. The lowest BCUT2D eigenvalue weighted by Crippen LogP contribution is -3.00. The van der Waals surface area contributed by atoms with Gasteiger partial charge < -0.3 is 16.9 Å². The number of rotatable bonds is 25. The maximum Gasteiger partial charge on any atom is 0.0792 e. The molecule has 0 aliphatic carbocycles. The number of quaternary nitrogens is 1. The van der Waals surface area contributed by atoms with Crippen LogP contribution in [-0.4, -0.2) is 36.5 Å². The molecule has 0 saturated carbocycles. The van der Waals surface area contributed by atoms with Crippen molar-refractivity contribution in [1.29, 1.82) is 0 Å². The van der Waals surface area contributed by atoms with Gasteiger partial charge in [-0.05, 0) is 25.7 Å². The Balaban J connectivity index is 0. The number of hydrogen-bond donors (Lipinski definition) is 0. The number of nitrogens with zero attached hydrogens (tertiary/aromatic N) is 1. The van der Waals surface area contributed by atoms with E-state index in [1.807, 2.05) is 0 Å². The highest BCUT2D eigenvalue weighted by atomic mass is 79.9. The van der Waals surface area contributed by atoms with Crippen molar-refractivity contribution < 1.29 is 16.9 Å². The highest BCUT2D eigenvalue weighted by Gasteiger charge is 2.19. The third kappa shape index (κ3) is 25.2. The highest BCUT2D eigenvalue weighted by Crippen LogP contribution is 2.16. The maximum absolute atomic E-state index is 3.66. The fourth-order valence-corrected chi connectivity index (χ4v) is 4.99. The average molecular weight is 525 g/mol. The van der Waals surface area contributed by atoms with Crippen molar-refractivity contribution in [1.82, 2.24) is 0 Å². The molecule has 190 valence electrons. The number of halogens is 2. The monoisotopic (exact) mass is 523 g/mol. The van der Waals surface area contributed by atoms with E-state index in [1.165, 1.54) is 159 Å². The van der Waals surface area contributed by atoms with Crippen molar-refractivity contribution in [2.24, 2.45) is 0 Å². The van der Waals surface area contributed by atoms with Gasteiger partial charge in [-0.2, -0.15) is 0 Å². The Labute approximate surface area is 213 Å². The van der Waals surface area contributed by atoms with Crippen LogP contribution in [0.2, 0.25) is 0 Å². The summed E-state index contributed by atoms with van der Waals surface area (Å²) in [6.45, 7) is 8.78. The first kappa shape index (κ1) is 33.9. The van der Waals surface area contributed by atoms with Gasteiger partial charge in [0.2, 0.25) is 0 Å². The Morgan fingerprint density at radius 1 is 0.419 bits per heavy atom. The first-order chi connectivity index (χ1) is 14.7. The molecular formula is C28H59BrClN. The fraction of sp³-hybridized carbons (Fsp3) is 1.00. The smallest absolute Gasteiger partial charge is 0.0792 e. The summed E-state index contributed by atoms with van der Waals surface area (Å²) in [5.41, 5.74) is 0. The van der Waals surface area contributed by atoms with Gasteiger partial charge in [0.25, 0.3) is 0 Å². The summed E-state index contributed by atoms with van der Waals surface area (Å²) in [7, 11) is 2.53. The predicted octanol–water partition coefficient (Wildman–Crippen LogP) is 7.06. The second kappa shape index (κ2) is 27.0. The van der Waals surface area contributed by atoms with Crippen LogP contribution in [0, 0.1) is 0 Å². The molecule has 0 rings (SSSR count). The number of alkyl halides is 1. The molecule has 0 spiro atoms. The molecule has 0 radical (unpaired) electrons. The lowest BCUT2D eigenvalue weighted by atomic mass is 10.1. The van der Waals surface area contributed by atoms with Crippen LogP contribution in [0.3, 0.4) is 0 Å². The molecule has 0 heterocycles. The summed E-state index contributed by atoms with van der Waals surface area (Å²) in [5.74, 6) is 0. The molecular weight excluding hydrogens is 466 g/mol. The second-order valence-electron chi connectivity index (χ2n) is 10.2. The normalized spacial score (nSPS) is 11.6. The van der Waals surface area contributed by atoms with E-state index < -0.39 is 0 Å². The van der Waals surface area contributed by atoms with E-state index in [0.717, 1.165) is 5.33 Å². The predicted molar refractivity (Wildman–Crippen MR) is 143 cm³/mol. The summed E-state index contributed by atoms with van der Waals surface area (Å²) in [5, 5.41) is 1.16. The van der Waals surface area contributed by atoms with Crippen molar-refractivity contribution in [3.8, 4) is 0 Å². The molecule has 1 nitrogen and oxygen atoms in total. The van der Waals surface area contributed by atoms with E-state index in [2.05, 4.69) is 36.8 Å². The molecule has 0 aliphatic rings. The zero-order valence-corrected chi connectivity index (χ0v) is 24.2. The van der Waals surface area contributed by atoms with E-state index in [9.17, 15) is 0 Å². The number of hydrogen-bond acceptors (Lipinski definition) is 0. The minimum absolute atomic E-state index is 0. The average Bonchev–Trinajstić information content (AvgIpc) is 2.75. The van der Waals surface area contributed by atoms with Crippen molar-refractivity contribution in [2.75, 3.05) is 32.0 Å². The molecule has 0 unspecified atom stereocenters. The second-order valence-corrected chi connectivity index (χ2v) is 11.0. The molecule has 0 aromatic rings. The zero-order chi connectivity index (χ0) is 22.2. The van der Waals surface area contributed by atoms with E-state index in [-0.39, 0.29) is 12.4 Å². The molecule has 0 bridgehead atoms. The van der Waals surface area contributed by atoms with Crippen molar-refractivity contribution in [3.63, 3.8) is 0 Å². The van der Waals surface area contributed by atoms with Crippen LogP contribution in [0.4, 0.5) is 0 Å². The lowest BCUT2D eigenvalue weighted by Gasteiger charge is -2.35. The molecule has 0 aliphatic heterocycles. The van der Waals surface area contributed by atoms with E-state index in [4.69, 9.17) is 0 Å². The van der Waals surface area contributed by atoms with Crippen LogP contribution in [0.1, 0.15) is 149 Å². The van der Waals surface area contributed by atoms with E-state index in [0.29, 0.717) is 0 Å². The van der Waals surface area contributed by atoms with Crippen molar-refractivity contribution >= 4 is 15.9 Å². The number of unbranched alkanes of at least 4 members (excludes halogenated alkanes) is 18. The molecule has 0 atom stereocenters. The zero-order valence-electron chi connectivity index (χ0n) is 21.9. The molecule has 0 saturated heterocycles. The quantitative estimate of drug-likeness (QED) is 0.0681. The topological polar surface area (TPSA) is 0 Å². The lowest BCUT2D eigenvalue weighted by molar-refractivity contribution is -0.910. The maximum atomic E-state index is 3.66. The summed E-state index contributed by atoms with van der Waals surface area (Å²) in [6.07, 6.45) is 30.3. The molecule has 3 heteroatoms. The minimum Gasteiger partial charge on any atom is -1.00 e. The van der Waals surface area contributed by atoms with Gasteiger partial charge in [-0.1, -0.05) is 133 Å². The molecule has 31 heavy (non-hydrogen) atoms. The first-order valence-corrected chi connectivity index (χ1v) is 15.2. The van der Waals surface area contributed by atoms with Gasteiger partial charge in [0.15, 0.2) is 0 Å². The molecule has 0 fully saturated rings. The first-order valence-electron chi connectivity index (χ1n) is 14.1. The van der Waals surface area contributed by atoms with Gasteiger partial charge >= 0.3 is 0 Å². The van der Waals surface area contributed by atoms with Crippen LogP contribution in [0.5, 0.6) is 0 Å². The third-order valence-electron chi connectivity index (χ3n) is 6.93. The van der Waals surface area contributed by atoms with Crippen LogP contribution >= 0.6 is 15.9 Å². The Bertz CT molecular complexity index is 300. The Kier molecular flexibility index (Phi) is 29.5. The van der Waals surface area contributed by atoms with Gasteiger partial charge in [0.1, 0.15) is 0 Å². The van der Waals surface area contributed by atoms with Gasteiger partial charge in [-0.15, -0.1) is 0 Å². The summed E-state index contributed by atoms with van der Waals surface area (Å²) >= 11 is 3.66. The Morgan fingerprint density at radius 2 is 0.677 bits per heavy atom. The van der Waals surface area contributed by atoms with Crippen LogP contribution < -0.4 is 12.4 Å². The summed E-state index contributed by atoms with van der Waals surface area (Å²) in [4.78, 5) is 0. The fourth-order valence-electron chi connectivity index (χ4n) is 4.74. The van der Waals surface area contributed by atoms with Crippen molar-refractivity contribution in [3.05, 3.63) is 0 Å². The van der Waals surface area contributed by atoms with Gasteiger partial charge in [-0.25, -0.2) is 0 Å². The molecule has 0 amide bonds. The standard InChI is InChI=1S/C28H59BrN.ClH/c1-4-6-8-10-12-14-16-18-20-22-26-30(3,28-24-25-29)27-23-21-19-17-15-13-11-9-7-5-2;/h4-28H2,1-3H3;1H/q+1;/p-1. The Hall–Kier alpha value is 0.730. The summed E-state index contributed by atoms with van der Waals surface area (Å²) in [6, 6.07) is 0. The third-order valence-corrected chi connectivity index (χ3v) is 7.50. The van der Waals surface area contributed by atoms with Crippen LogP contribution in [0.15, 0.2) is 0 Å². The largest absolute Gasteiger partial charge is 1.00 e. The summed E-state index contributed by atoms with van der Waals surface area (Å²) < 4.78 is 1.32. The van der Waals surface area contributed by atoms with Crippen LogP contribution in [0.25, 0.3) is 0 Å². The molecule has 0 aromatic carbocycles. The van der Waals surface area contributed by atoms with Gasteiger partial charge in [0, 0.05) is 11.8 Å². The van der Waals surface area contributed by atoms with E-state index >= 15 is 0 Å². The Morgan fingerprint density at radius 3 is 0.968 bits per heavy atom. The van der Waals surface area contributed by atoms with E-state index in [1.54, 1.807) is 0 Å². The van der Waals surface area contributed by atoms with Crippen molar-refractivity contribution in [2.45, 2.75) is 149 Å². The van der Waals surface area contributed by atoms with Gasteiger partial charge in [0.05, 0.1) is 26.7 Å². The van der Waals surface area contributed by atoms with Crippen LogP contribution in [-0.2, 0) is 0 Å². The highest BCUT2D eigenvalue weighted by molar-refractivity contribution is 9.09.